The zero-order chi connectivity index (χ0) is 9.35. The molecule has 0 saturated carbocycles. The second kappa shape index (κ2) is 3.67. The van der Waals surface area contributed by atoms with E-state index in [9.17, 15) is 13.2 Å². The lowest BCUT2D eigenvalue weighted by Crippen LogP contribution is -2.13. The van der Waals surface area contributed by atoms with Crippen LogP contribution in [0.25, 0.3) is 0 Å². The van der Waals surface area contributed by atoms with Gasteiger partial charge in [0.2, 0.25) is 0 Å². The first kappa shape index (κ1) is 10.5. The number of halogens is 5. The summed E-state index contributed by atoms with van der Waals surface area (Å²) in [6.07, 6.45) is -4.22. The Hall–Kier alpha value is 0.450. The summed E-state index contributed by atoms with van der Waals surface area (Å²) in [5.74, 6) is 0. The van der Waals surface area contributed by atoms with E-state index in [2.05, 4.69) is 31.9 Å². The average molecular weight is 324 g/mol. The smallest absolute Gasteiger partial charge is 0.169 e. The summed E-state index contributed by atoms with van der Waals surface area (Å²) in [5.41, 5.74) is 0. The molecule has 0 aliphatic heterocycles. The Morgan fingerprint density at radius 2 is 1.92 bits per heavy atom. The van der Waals surface area contributed by atoms with Gasteiger partial charge in [-0.3, -0.25) is 0 Å². The Morgan fingerprint density at radius 1 is 1.33 bits per heavy atom. The minimum Gasteiger partial charge on any atom is -0.169 e. The minimum atomic E-state index is -4.22. The van der Waals surface area contributed by atoms with Crippen molar-refractivity contribution in [2.75, 3.05) is 0 Å². The fourth-order valence-electron chi connectivity index (χ4n) is 0.626. The average Bonchev–Trinajstić information content (AvgIpc) is 2.32. The van der Waals surface area contributed by atoms with Crippen LogP contribution >= 0.6 is 43.2 Å². The number of alkyl halides is 4. The van der Waals surface area contributed by atoms with E-state index in [1.807, 2.05) is 0 Å². The Bertz CT molecular complexity index is 268. The molecular formula is C6H3Br2F3S. The lowest BCUT2D eigenvalue weighted by atomic mass is 10.3. The Morgan fingerprint density at radius 3 is 2.25 bits per heavy atom. The maximum atomic E-state index is 12.1. The van der Waals surface area contributed by atoms with Crippen molar-refractivity contribution >= 4 is 43.2 Å². The lowest BCUT2D eigenvalue weighted by molar-refractivity contribution is -0.127. The van der Waals surface area contributed by atoms with Gasteiger partial charge < -0.3 is 0 Å². The molecule has 0 aliphatic rings. The van der Waals surface area contributed by atoms with E-state index in [-0.39, 0.29) is 4.88 Å². The van der Waals surface area contributed by atoms with E-state index < -0.39 is 11.0 Å². The van der Waals surface area contributed by atoms with Crippen molar-refractivity contribution in [1.82, 2.24) is 0 Å². The highest BCUT2D eigenvalue weighted by molar-refractivity contribution is 9.11. The molecule has 0 radical (unpaired) electrons. The fourth-order valence-corrected chi connectivity index (χ4v) is 2.49. The van der Waals surface area contributed by atoms with Crippen LogP contribution in [0.3, 0.4) is 0 Å². The minimum absolute atomic E-state index is 0.259. The molecule has 0 N–H and O–H groups in total. The maximum absolute atomic E-state index is 12.1. The van der Waals surface area contributed by atoms with Crippen LogP contribution in [0.5, 0.6) is 0 Å². The molecule has 68 valence electrons. The fraction of sp³-hybridized carbons (Fsp3) is 0.333. The summed E-state index contributed by atoms with van der Waals surface area (Å²) < 4.78 is 37.0. The highest BCUT2D eigenvalue weighted by atomic mass is 79.9. The Kier molecular flexibility index (Phi) is 3.22. The molecule has 0 nitrogen and oxygen atoms in total. The van der Waals surface area contributed by atoms with Gasteiger partial charge in [0.15, 0.2) is 0 Å². The number of rotatable bonds is 1. The van der Waals surface area contributed by atoms with E-state index >= 15 is 0 Å². The van der Waals surface area contributed by atoms with Gasteiger partial charge in [0.05, 0.1) is 3.79 Å². The third-order valence-corrected chi connectivity index (χ3v) is 4.14. The monoisotopic (exact) mass is 322 g/mol. The molecule has 1 aromatic heterocycles. The molecule has 0 saturated heterocycles. The molecular weight excluding hydrogens is 321 g/mol. The quantitative estimate of drug-likeness (QED) is 0.667. The van der Waals surface area contributed by atoms with Gasteiger partial charge in [-0.25, -0.2) is 0 Å². The van der Waals surface area contributed by atoms with Crippen LogP contribution in [0.15, 0.2) is 15.9 Å². The van der Waals surface area contributed by atoms with E-state index in [0.717, 1.165) is 11.3 Å². The predicted molar refractivity (Wildman–Crippen MR) is 49.7 cm³/mol. The topological polar surface area (TPSA) is 0 Å². The van der Waals surface area contributed by atoms with E-state index in [1.54, 1.807) is 6.07 Å². The number of hydrogen-bond acceptors (Lipinski definition) is 1. The van der Waals surface area contributed by atoms with Gasteiger partial charge in [0.1, 0.15) is 4.83 Å². The molecule has 1 rings (SSSR count). The van der Waals surface area contributed by atoms with Crippen molar-refractivity contribution < 1.29 is 13.2 Å². The van der Waals surface area contributed by atoms with Crippen LogP contribution < -0.4 is 0 Å². The van der Waals surface area contributed by atoms with Crippen molar-refractivity contribution in [3.05, 3.63) is 20.8 Å². The van der Waals surface area contributed by atoms with Crippen LogP contribution in [-0.4, -0.2) is 6.18 Å². The third kappa shape index (κ3) is 2.47. The Balaban J connectivity index is 2.85. The summed E-state index contributed by atoms with van der Waals surface area (Å²) in [7, 11) is 0. The summed E-state index contributed by atoms with van der Waals surface area (Å²) in [6.45, 7) is 0. The van der Waals surface area contributed by atoms with Crippen LogP contribution in [0, 0.1) is 0 Å². The van der Waals surface area contributed by atoms with Crippen LogP contribution in [-0.2, 0) is 0 Å². The molecule has 1 aromatic rings. The van der Waals surface area contributed by atoms with Crippen molar-refractivity contribution in [3.8, 4) is 0 Å². The standard InChI is InChI=1S/C6H3Br2F3S/c7-4-2-1-3(12-4)5(8)6(9,10)11/h1-2,5H. The summed E-state index contributed by atoms with van der Waals surface area (Å²) >= 11 is 6.75. The van der Waals surface area contributed by atoms with Crippen LogP contribution in [0.2, 0.25) is 0 Å². The molecule has 1 atom stereocenters. The lowest BCUT2D eigenvalue weighted by Gasteiger charge is -2.11. The molecule has 0 fully saturated rings. The first-order valence-electron chi connectivity index (χ1n) is 2.87. The first-order chi connectivity index (χ1) is 5.41. The van der Waals surface area contributed by atoms with Crippen LogP contribution in [0.1, 0.15) is 9.70 Å². The van der Waals surface area contributed by atoms with E-state index in [0.29, 0.717) is 3.79 Å². The van der Waals surface area contributed by atoms with Crippen LogP contribution in [0.4, 0.5) is 13.2 Å². The summed E-state index contributed by atoms with van der Waals surface area (Å²) in [4.78, 5) is -1.30. The zero-order valence-corrected chi connectivity index (χ0v) is 9.52. The second-order valence-electron chi connectivity index (χ2n) is 2.05. The number of thiophene rings is 1. The molecule has 1 heterocycles. The van der Waals surface area contributed by atoms with Gasteiger partial charge in [-0.1, -0.05) is 15.9 Å². The molecule has 0 aromatic carbocycles. The van der Waals surface area contributed by atoms with Crippen molar-refractivity contribution in [2.45, 2.75) is 11.0 Å². The van der Waals surface area contributed by atoms with Gasteiger partial charge in [0, 0.05) is 4.88 Å². The van der Waals surface area contributed by atoms with Crippen molar-refractivity contribution in [3.63, 3.8) is 0 Å². The molecule has 0 spiro atoms. The highest BCUT2D eigenvalue weighted by Gasteiger charge is 2.39. The molecule has 0 bridgehead atoms. The third-order valence-electron chi connectivity index (χ3n) is 1.13. The molecule has 0 amide bonds. The predicted octanol–water partition coefficient (Wildman–Crippen LogP) is 4.51. The second-order valence-corrected chi connectivity index (χ2v) is 5.46. The molecule has 0 aliphatic carbocycles. The van der Waals surface area contributed by atoms with E-state index in [4.69, 9.17) is 0 Å². The maximum Gasteiger partial charge on any atom is 0.405 e. The van der Waals surface area contributed by atoms with Gasteiger partial charge in [-0.05, 0) is 28.1 Å². The number of hydrogen-bond donors (Lipinski definition) is 0. The SMILES string of the molecule is FC(F)(F)C(Br)c1ccc(Br)s1. The molecule has 1 unspecified atom stereocenters. The molecule has 6 heteroatoms. The van der Waals surface area contributed by atoms with E-state index in [1.165, 1.54) is 6.07 Å². The Labute approximate surface area is 88.0 Å². The largest absolute Gasteiger partial charge is 0.405 e. The van der Waals surface area contributed by atoms with Crippen molar-refractivity contribution in [1.29, 1.82) is 0 Å². The summed E-state index contributed by atoms with van der Waals surface area (Å²) in [6, 6.07) is 3.04. The first-order valence-corrected chi connectivity index (χ1v) is 5.40. The molecule has 12 heavy (non-hydrogen) atoms. The van der Waals surface area contributed by atoms with Crippen molar-refractivity contribution in [2.24, 2.45) is 0 Å². The van der Waals surface area contributed by atoms with Gasteiger partial charge >= 0.3 is 6.18 Å². The highest BCUT2D eigenvalue weighted by Crippen LogP contribution is 2.43. The summed E-state index contributed by atoms with van der Waals surface area (Å²) in [5, 5.41) is 0. The normalized spacial score (nSPS) is 14.8. The van der Waals surface area contributed by atoms with Gasteiger partial charge in [-0.2, -0.15) is 13.2 Å². The zero-order valence-electron chi connectivity index (χ0n) is 5.53. The van der Waals surface area contributed by atoms with Gasteiger partial charge in [-0.15, -0.1) is 11.3 Å². The van der Waals surface area contributed by atoms with Gasteiger partial charge in [0.25, 0.3) is 0 Å².